The van der Waals surface area contributed by atoms with Crippen LogP contribution >= 0.6 is 11.3 Å². The van der Waals surface area contributed by atoms with Gasteiger partial charge in [-0.05, 0) is 44.0 Å². The summed E-state index contributed by atoms with van der Waals surface area (Å²) in [5.74, 6) is 0.741. The Morgan fingerprint density at radius 3 is 2.85 bits per heavy atom. The molecule has 1 saturated heterocycles. The van der Waals surface area contributed by atoms with Gasteiger partial charge in [0.15, 0.2) is 5.13 Å². The maximum absolute atomic E-state index is 12.3. The molecule has 2 aromatic heterocycles. The first kappa shape index (κ1) is 17.7. The highest BCUT2D eigenvalue weighted by Crippen LogP contribution is 2.35. The van der Waals surface area contributed by atoms with Gasteiger partial charge in [-0.25, -0.2) is 4.98 Å². The van der Waals surface area contributed by atoms with E-state index in [0.717, 1.165) is 47.0 Å². The van der Waals surface area contributed by atoms with Gasteiger partial charge in [0.2, 0.25) is 0 Å². The summed E-state index contributed by atoms with van der Waals surface area (Å²) >= 11 is 1.69. The Bertz CT molecular complexity index is 920. The van der Waals surface area contributed by atoms with Crippen LogP contribution in [0.1, 0.15) is 30.3 Å². The third kappa shape index (κ3) is 3.88. The average Bonchev–Trinajstić information content (AvgIpc) is 3.15. The SMILES string of the molecule is CCOc1cccc2sc(N3CCC(NC(=O)c4ccccn4)CC3)nc12. The van der Waals surface area contributed by atoms with E-state index in [1.165, 1.54) is 0 Å². The van der Waals surface area contributed by atoms with E-state index >= 15 is 0 Å². The topological polar surface area (TPSA) is 67.3 Å². The van der Waals surface area contributed by atoms with Gasteiger partial charge in [-0.3, -0.25) is 9.78 Å². The molecule has 0 bridgehead atoms. The summed E-state index contributed by atoms with van der Waals surface area (Å²) in [5, 5.41) is 4.11. The Morgan fingerprint density at radius 1 is 1.26 bits per heavy atom. The number of carbonyl (C=O) groups is 1. The lowest BCUT2D eigenvalue weighted by atomic mass is 10.1. The fraction of sp³-hybridized carbons (Fsp3) is 0.350. The molecule has 0 atom stereocenters. The van der Waals surface area contributed by atoms with Crippen molar-refractivity contribution >= 4 is 32.6 Å². The number of pyridine rings is 1. The number of piperidine rings is 1. The summed E-state index contributed by atoms with van der Waals surface area (Å²) in [6.45, 7) is 4.36. The average molecular weight is 382 g/mol. The smallest absolute Gasteiger partial charge is 0.270 e. The van der Waals surface area contributed by atoms with E-state index < -0.39 is 0 Å². The quantitative estimate of drug-likeness (QED) is 0.732. The van der Waals surface area contributed by atoms with Gasteiger partial charge >= 0.3 is 0 Å². The van der Waals surface area contributed by atoms with E-state index in [9.17, 15) is 4.79 Å². The fourth-order valence-corrected chi connectivity index (χ4v) is 4.33. The van der Waals surface area contributed by atoms with Gasteiger partial charge in [0.25, 0.3) is 5.91 Å². The number of nitrogens with one attached hydrogen (secondary N) is 1. The molecule has 6 nitrogen and oxygen atoms in total. The number of nitrogens with zero attached hydrogens (tertiary/aromatic N) is 3. The van der Waals surface area contributed by atoms with Crippen LogP contribution in [-0.2, 0) is 0 Å². The minimum absolute atomic E-state index is 0.101. The molecule has 1 aromatic carbocycles. The summed E-state index contributed by atoms with van der Waals surface area (Å²) in [4.78, 5) is 23.5. The third-order valence-electron chi connectivity index (χ3n) is 4.67. The largest absolute Gasteiger partial charge is 0.492 e. The number of amides is 1. The van der Waals surface area contributed by atoms with Gasteiger partial charge in [0.1, 0.15) is 17.0 Å². The number of thiazole rings is 1. The molecule has 1 aliphatic heterocycles. The van der Waals surface area contributed by atoms with Crippen molar-refractivity contribution in [1.82, 2.24) is 15.3 Å². The molecule has 3 heterocycles. The lowest BCUT2D eigenvalue weighted by Crippen LogP contribution is -2.44. The molecule has 1 N–H and O–H groups in total. The summed E-state index contributed by atoms with van der Waals surface area (Å²) in [7, 11) is 0. The first-order valence-electron chi connectivity index (χ1n) is 9.24. The van der Waals surface area contributed by atoms with Gasteiger partial charge in [-0.2, -0.15) is 0 Å². The molecule has 27 heavy (non-hydrogen) atoms. The van der Waals surface area contributed by atoms with Crippen molar-refractivity contribution < 1.29 is 9.53 Å². The number of hydrogen-bond donors (Lipinski definition) is 1. The van der Waals surface area contributed by atoms with E-state index in [2.05, 4.69) is 21.3 Å². The van der Waals surface area contributed by atoms with Crippen molar-refractivity contribution in [2.24, 2.45) is 0 Å². The van der Waals surface area contributed by atoms with Crippen molar-refractivity contribution in [1.29, 1.82) is 0 Å². The van der Waals surface area contributed by atoms with Crippen molar-refractivity contribution in [2.75, 3.05) is 24.6 Å². The maximum atomic E-state index is 12.3. The summed E-state index contributed by atoms with van der Waals surface area (Å²) in [6, 6.07) is 11.6. The molecule has 1 fully saturated rings. The predicted molar refractivity (Wildman–Crippen MR) is 108 cm³/mol. The predicted octanol–water partition coefficient (Wildman–Crippen LogP) is 3.49. The van der Waals surface area contributed by atoms with Crippen LogP contribution in [0.2, 0.25) is 0 Å². The van der Waals surface area contributed by atoms with Crippen LogP contribution < -0.4 is 15.0 Å². The van der Waals surface area contributed by atoms with Crippen LogP contribution in [0.4, 0.5) is 5.13 Å². The second-order valence-electron chi connectivity index (χ2n) is 6.48. The molecule has 0 aliphatic carbocycles. The van der Waals surface area contributed by atoms with Crippen molar-refractivity contribution in [3.63, 3.8) is 0 Å². The number of benzene rings is 1. The first-order valence-corrected chi connectivity index (χ1v) is 10.1. The molecule has 0 radical (unpaired) electrons. The number of fused-ring (bicyclic) bond motifs is 1. The van der Waals surface area contributed by atoms with Crippen molar-refractivity contribution in [3.8, 4) is 5.75 Å². The molecule has 1 amide bonds. The Labute approximate surface area is 162 Å². The number of carbonyl (C=O) groups excluding carboxylic acids is 1. The number of para-hydroxylation sites is 1. The first-order chi connectivity index (χ1) is 13.2. The summed E-state index contributed by atoms with van der Waals surface area (Å²) in [6.07, 6.45) is 3.43. The molecule has 4 rings (SSSR count). The van der Waals surface area contributed by atoms with Crippen LogP contribution in [0.5, 0.6) is 5.75 Å². The third-order valence-corrected chi connectivity index (χ3v) is 5.75. The Kier molecular flexibility index (Phi) is 5.20. The highest BCUT2D eigenvalue weighted by atomic mass is 32.1. The van der Waals surface area contributed by atoms with Gasteiger partial charge in [-0.1, -0.05) is 23.5 Å². The van der Waals surface area contributed by atoms with Crippen LogP contribution in [0.15, 0.2) is 42.6 Å². The van der Waals surface area contributed by atoms with Gasteiger partial charge in [0, 0.05) is 25.3 Å². The number of aromatic nitrogens is 2. The lowest BCUT2D eigenvalue weighted by molar-refractivity contribution is 0.0926. The Balaban J connectivity index is 1.40. The van der Waals surface area contributed by atoms with E-state index in [-0.39, 0.29) is 11.9 Å². The van der Waals surface area contributed by atoms with Crippen LogP contribution in [-0.4, -0.2) is 41.6 Å². The Hall–Kier alpha value is -2.67. The van der Waals surface area contributed by atoms with Gasteiger partial charge in [-0.15, -0.1) is 0 Å². The zero-order valence-electron chi connectivity index (χ0n) is 15.2. The monoisotopic (exact) mass is 382 g/mol. The number of hydrogen-bond acceptors (Lipinski definition) is 6. The zero-order chi connectivity index (χ0) is 18.6. The molecule has 1 aliphatic rings. The van der Waals surface area contributed by atoms with E-state index in [1.807, 2.05) is 31.2 Å². The molecular weight excluding hydrogens is 360 g/mol. The van der Waals surface area contributed by atoms with Crippen LogP contribution in [0.3, 0.4) is 0 Å². The van der Waals surface area contributed by atoms with Crippen molar-refractivity contribution in [2.45, 2.75) is 25.8 Å². The zero-order valence-corrected chi connectivity index (χ0v) is 16.0. The van der Waals surface area contributed by atoms with E-state index in [0.29, 0.717) is 12.3 Å². The maximum Gasteiger partial charge on any atom is 0.270 e. The molecule has 0 unspecified atom stereocenters. The highest BCUT2D eigenvalue weighted by molar-refractivity contribution is 7.22. The van der Waals surface area contributed by atoms with Gasteiger partial charge < -0.3 is 15.0 Å². The van der Waals surface area contributed by atoms with E-state index in [1.54, 1.807) is 23.6 Å². The Morgan fingerprint density at radius 2 is 2.11 bits per heavy atom. The minimum atomic E-state index is -0.101. The molecule has 3 aromatic rings. The molecule has 0 saturated carbocycles. The molecule has 0 spiro atoms. The summed E-state index contributed by atoms with van der Waals surface area (Å²) < 4.78 is 6.84. The lowest BCUT2D eigenvalue weighted by Gasteiger charge is -2.32. The number of rotatable bonds is 5. The van der Waals surface area contributed by atoms with E-state index in [4.69, 9.17) is 9.72 Å². The second kappa shape index (κ2) is 7.92. The minimum Gasteiger partial charge on any atom is -0.492 e. The fourth-order valence-electron chi connectivity index (χ4n) is 3.29. The molecule has 7 heteroatoms. The normalized spacial score (nSPS) is 15.1. The number of ether oxygens (including phenoxy) is 1. The molecule has 140 valence electrons. The van der Waals surface area contributed by atoms with Crippen molar-refractivity contribution in [3.05, 3.63) is 48.3 Å². The van der Waals surface area contributed by atoms with Crippen LogP contribution in [0, 0.1) is 0 Å². The van der Waals surface area contributed by atoms with Gasteiger partial charge in [0.05, 0.1) is 11.3 Å². The second-order valence-corrected chi connectivity index (χ2v) is 7.49. The summed E-state index contributed by atoms with van der Waals surface area (Å²) in [5.41, 5.74) is 1.40. The number of anilines is 1. The highest BCUT2D eigenvalue weighted by Gasteiger charge is 2.24. The van der Waals surface area contributed by atoms with Crippen LogP contribution in [0.25, 0.3) is 10.2 Å². The molecular formula is C20H22N4O2S. The standard InChI is InChI=1S/C20H22N4O2S/c1-2-26-16-7-5-8-17-18(16)23-20(27-17)24-12-9-14(10-13-24)22-19(25)15-6-3-4-11-21-15/h3-8,11,14H,2,9-10,12-13H2,1H3,(H,22,25).